The highest BCUT2D eigenvalue weighted by atomic mass is 19.1. The van der Waals surface area contributed by atoms with Crippen molar-refractivity contribution in [2.75, 3.05) is 5.32 Å². The Morgan fingerprint density at radius 3 is 2.81 bits per heavy atom. The average molecular weight is 218 g/mol. The highest BCUT2D eigenvalue weighted by Gasteiger charge is 2.23. The van der Waals surface area contributed by atoms with Gasteiger partial charge in [-0.15, -0.1) is 0 Å². The number of rotatable bonds is 2. The third-order valence-electron chi connectivity index (χ3n) is 3.30. The van der Waals surface area contributed by atoms with E-state index in [1.165, 1.54) is 18.9 Å². The molecule has 0 bridgehead atoms. The zero-order valence-corrected chi connectivity index (χ0v) is 9.33. The molecule has 1 aromatic carbocycles. The summed E-state index contributed by atoms with van der Waals surface area (Å²) in [5.74, 6) is 0.258. The smallest absolute Gasteiger partial charge is 0.147 e. The molecule has 0 amide bonds. The van der Waals surface area contributed by atoms with Crippen LogP contribution in [0, 0.1) is 23.1 Å². The van der Waals surface area contributed by atoms with E-state index in [9.17, 15) is 4.39 Å². The molecule has 16 heavy (non-hydrogen) atoms. The minimum absolute atomic E-state index is 0.335. The van der Waals surface area contributed by atoms with Crippen LogP contribution in [0.4, 0.5) is 10.1 Å². The van der Waals surface area contributed by atoms with Gasteiger partial charge in [-0.05, 0) is 37.0 Å². The third-order valence-corrected chi connectivity index (χ3v) is 3.30. The third kappa shape index (κ3) is 2.16. The van der Waals surface area contributed by atoms with E-state index in [1.807, 2.05) is 6.07 Å². The Labute approximate surface area is 95.1 Å². The van der Waals surface area contributed by atoms with Gasteiger partial charge in [-0.2, -0.15) is 5.26 Å². The standard InChI is InChI=1S/C13H15FN2/c1-9-3-2-4-12(9)16-13-6-5-10(8-15)7-11(13)14/h5-7,9,12,16H,2-4H2,1H3. The van der Waals surface area contributed by atoms with Gasteiger partial charge in [0.15, 0.2) is 0 Å². The summed E-state index contributed by atoms with van der Waals surface area (Å²) in [7, 11) is 0. The van der Waals surface area contributed by atoms with Gasteiger partial charge in [0.05, 0.1) is 17.3 Å². The lowest BCUT2D eigenvalue weighted by Gasteiger charge is -2.19. The number of nitrogens with one attached hydrogen (secondary N) is 1. The summed E-state index contributed by atoms with van der Waals surface area (Å²) in [5.41, 5.74) is 0.875. The number of benzene rings is 1. The Hall–Kier alpha value is -1.56. The van der Waals surface area contributed by atoms with Crippen molar-refractivity contribution in [1.82, 2.24) is 0 Å². The van der Waals surface area contributed by atoms with Crippen LogP contribution in [0.25, 0.3) is 0 Å². The van der Waals surface area contributed by atoms with E-state index >= 15 is 0 Å². The van der Waals surface area contributed by atoms with Gasteiger partial charge in [-0.25, -0.2) is 4.39 Å². The van der Waals surface area contributed by atoms with E-state index in [1.54, 1.807) is 12.1 Å². The SMILES string of the molecule is CC1CCCC1Nc1ccc(C#N)cc1F. The lowest BCUT2D eigenvalue weighted by molar-refractivity contribution is 0.549. The summed E-state index contributed by atoms with van der Waals surface area (Å²) in [5, 5.41) is 11.9. The zero-order chi connectivity index (χ0) is 11.5. The molecule has 0 heterocycles. The first kappa shape index (κ1) is 10.9. The predicted molar refractivity (Wildman–Crippen MR) is 61.5 cm³/mol. The van der Waals surface area contributed by atoms with Crippen LogP contribution >= 0.6 is 0 Å². The molecule has 1 N–H and O–H groups in total. The number of hydrogen-bond donors (Lipinski definition) is 1. The Balaban J connectivity index is 2.13. The second-order valence-corrected chi connectivity index (χ2v) is 4.47. The molecule has 1 saturated carbocycles. The molecule has 3 heteroatoms. The van der Waals surface area contributed by atoms with Crippen molar-refractivity contribution in [3.63, 3.8) is 0 Å². The van der Waals surface area contributed by atoms with Gasteiger partial charge in [0.2, 0.25) is 0 Å². The molecule has 84 valence electrons. The van der Waals surface area contributed by atoms with E-state index in [0.29, 0.717) is 23.2 Å². The van der Waals surface area contributed by atoms with Crippen molar-refractivity contribution in [1.29, 1.82) is 5.26 Å². The van der Waals surface area contributed by atoms with Crippen LogP contribution in [0.15, 0.2) is 18.2 Å². The minimum atomic E-state index is -0.335. The van der Waals surface area contributed by atoms with E-state index in [-0.39, 0.29) is 5.82 Å². The molecule has 2 atom stereocenters. The van der Waals surface area contributed by atoms with Crippen LogP contribution in [0.1, 0.15) is 31.7 Å². The Morgan fingerprint density at radius 1 is 1.44 bits per heavy atom. The van der Waals surface area contributed by atoms with Crippen molar-refractivity contribution < 1.29 is 4.39 Å². The molecule has 1 aliphatic carbocycles. The van der Waals surface area contributed by atoms with Crippen LogP contribution in [0.5, 0.6) is 0 Å². The fraction of sp³-hybridized carbons (Fsp3) is 0.462. The van der Waals surface area contributed by atoms with E-state index in [2.05, 4.69) is 12.2 Å². The predicted octanol–water partition coefficient (Wildman–Crippen LogP) is 3.30. The number of hydrogen-bond acceptors (Lipinski definition) is 2. The fourth-order valence-electron chi connectivity index (χ4n) is 2.26. The summed E-state index contributed by atoms with van der Waals surface area (Å²) in [4.78, 5) is 0. The van der Waals surface area contributed by atoms with Crippen LogP contribution in [0.2, 0.25) is 0 Å². The summed E-state index contributed by atoms with van der Waals surface area (Å²) in [6, 6.07) is 6.87. The molecule has 0 aromatic heterocycles. The fourth-order valence-corrected chi connectivity index (χ4v) is 2.26. The first-order chi connectivity index (χ1) is 7.70. The van der Waals surface area contributed by atoms with E-state index < -0.39 is 0 Å². The van der Waals surface area contributed by atoms with E-state index in [4.69, 9.17) is 5.26 Å². The Morgan fingerprint density at radius 2 is 2.25 bits per heavy atom. The molecule has 1 fully saturated rings. The lowest BCUT2D eigenvalue weighted by Crippen LogP contribution is -2.22. The van der Waals surface area contributed by atoms with Crippen molar-refractivity contribution >= 4 is 5.69 Å². The van der Waals surface area contributed by atoms with Crippen molar-refractivity contribution in [2.24, 2.45) is 5.92 Å². The maximum absolute atomic E-state index is 13.6. The summed E-state index contributed by atoms with van der Waals surface area (Å²) in [6.07, 6.45) is 3.51. The van der Waals surface area contributed by atoms with Gasteiger partial charge in [0.1, 0.15) is 5.82 Å². The highest BCUT2D eigenvalue weighted by Crippen LogP contribution is 2.28. The van der Waals surface area contributed by atoms with Crippen LogP contribution in [0.3, 0.4) is 0 Å². The van der Waals surface area contributed by atoms with E-state index in [0.717, 1.165) is 6.42 Å². The van der Waals surface area contributed by atoms with Gasteiger partial charge in [-0.1, -0.05) is 13.3 Å². The quantitative estimate of drug-likeness (QED) is 0.826. The molecule has 0 saturated heterocycles. The molecule has 0 spiro atoms. The zero-order valence-electron chi connectivity index (χ0n) is 9.33. The molecule has 1 aliphatic rings. The summed E-state index contributed by atoms with van der Waals surface area (Å²) < 4.78 is 13.6. The second-order valence-electron chi connectivity index (χ2n) is 4.47. The van der Waals surface area contributed by atoms with Crippen molar-refractivity contribution in [3.05, 3.63) is 29.6 Å². The van der Waals surface area contributed by atoms with Gasteiger partial charge in [0.25, 0.3) is 0 Å². The monoisotopic (exact) mass is 218 g/mol. The number of anilines is 1. The van der Waals surface area contributed by atoms with Crippen molar-refractivity contribution in [2.45, 2.75) is 32.2 Å². The molecular weight excluding hydrogens is 203 g/mol. The number of nitrogens with zero attached hydrogens (tertiary/aromatic N) is 1. The summed E-state index contributed by atoms with van der Waals surface area (Å²) >= 11 is 0. The molecule has 2 rings (SSSR count). The molecule has 0 aliphatic heterocycles. The average Bonchev–Trinajstić information content (AvgIpc) is 2.67. The maximum atomic E-state index is 13.6. The lowest BCUT2D eigenvalue weighted by atomic mass is 10.1. The first-order valence-electron chi connectivity index (χ1n) is 5.67. The van der Waals surface area contributed by atoms with Gasteiger partial charge in [0, 0.05) is 6.04 Å². The molecule has 2 unspecified atom stereocenters. The van der Waals surface area contributed by atoms with Crippen molar-refractivity contribution in [3.8, 4) is 6.07 Å². The Bertz CT molecular complexity index is 422. The second kappa shape index (κ2) is 4.52. The van der Waals surface area contributed by atoms with Crippen LogP contribution < -0.4 is 5.32 Å². The Kier molecular flexibility index (Phi) is 3.09. The molecule has 2 nitrogen and oxygen atoms in total. The molecule has 1 aromatic rings. The normalized spacial score (nSPS) is 24.1. The maximum Gasteiger partial charge on any atom is 0.147 e. The largest absolute Gasteiger partial charge is 0.380 e. The van der Waals surface area contributed by atoms with Gasteiger partial charge < -0.3 is 5.32 Å². The number of nitriles is 1. The molecular formula is C13H15FN2. The van der Waals surface area contributed by atoms with Crippen LogP contribution in [-0.2, 0) is 0 Å². The topological polar surface area (TPSA) is 35.8 Å². The van der Waals surface area contributed by atoms with Gasteiger partial charge in [-0.3, -0.25) is 0 Å². The first-order valence-corrected chi connectivity index (χ1v) is 5.67. The highest BCUT2D eigenvalue weighted by molar-refractivity contribution is 5.49. The minimum Gasteiger partial charge on any atom is -0.380 e. The summed E-state index contributed by atoms with van der Waals surface area (Å²) in [6.45, 7) is 2.19. The molecule has 0 radical (unpaired) electrons. The van der Waals surface area contributed by atoms with Gasteiger partial charge >= 0.3 is 0 Å². The number of halogens is 1. The van der Waals surface area contributed by atoms with Crippen LogP contribution in [-0.4, -0.2) is 6.04 Å².